The van der Waals surface area contributed by atoms with E-state index in [0.29, 0.717) is 43.9 Å². The maximum atomic E-state index is 12.8. The van der Waals surface area contributed by atoms with Crippen LogP contribution in [0.25, 0.3) is 0 Å². The van der Waals surface area contributed by atoms with Crippen LogP contribution in [0.5, 0.6) is 0 Å². The summed E-state index contributed by atoms with van der Waals surface area (Å²) >= 11 is 6.02. The van der Waals surface area contributed by atoms with Gasteiger partial charge in [-0.2, -0.15) is 0 Å². The van der Waals surface area contributed by atoms with Gasteiger partial charge in [0.2, 0.25) is 0 Å². The van der Waals surface area contributed by atoms with Gasteiger partial charge >= 0.3 is 5.97 Å². The van der Waals surface area contributed by atoms with Crippen molar-refractivity contribution in [3.05, 3.63) is 70.1 Å². The van der Waals surface area contributed by atoms with Crippen LogP contribution in [0.2, 0.25) is 5.02 Å². The minimum Gasteiger partial charge on any atom is -0.633 e. The van der Waals surface area contributed by atoms with Crippen LogP contribution in [0.4, 0.5) is 0 Å². The fraction of sp³-hybridized carbons (Fsp3) is 0.429. The number of hydrogen-bond donors (Lipinski definition) is 1. The Hall–Kier alpha value is -1.99. The van der Waals surface area contributed by atoms with E-state index in [1.54, 1.807) is 6.20 Å². The standard InChI is InChI=1S/C21H25ClN2O4/c22-17-8-6-16(7-9-17)21(19-4-1-2-12-23-19)28-18-10-14-24(27,15-11-18)13-3-5-20(25)26/h1-2,4,6-9,12,18,21H,3,5,10-11,13-15H2,(H,25,26)/t18?,21-,24?/m1/s1. The Morgan fingerprint density at radius 3 is 2.57 bits per heavy atom. The van der Waals surface area contributed by atoms with Crippen LogP contribution in [0.1, 0.15) is 43.0 Å². The highest BCUT2D eigenvalue weighted by molar-refractivity contribution is 6.30. The molecule has 0 radical (unpaired) electrons. The molecule has 0 spiro atoms. The molecule has 0 aliphatic carbocycles. The van der Waals surface area contributed by atoms with Crippen molar-refractivity contribution in [2.24, 2.45) is 0 Å². The summed E-state index contributed by atoms with van der Waals surface area (Å²) in [4.78, 5) is 15.1. The van der Waals surface area contributed by atoms with Crippen molar-refractivity contribution >= 4 is 17.6 Å². The number of piperidine rings is 1. The van der Waals surface area contributed by atoms with Gasteiger partial charge in [0, 0.05) is 30.5 Å². The summed E-state index contributed by atoms with van der Waals surface area (Å²) in [7, 11) is 0. The molecule has 1 atom stereocenters. The van der Waals surface area contributed by atoms with E-state index in [1.807, 2.05) is 42.5 Å². The van der Waals surface area contributed by atoms with Gasteiger partial charge in [0.05, 0.1) is 37.9 Å². The van der Waals surface area contributed by atoms with Gasteiger partial charge in [-0.25, -0.2) is 0 Å². The number of carboxylic acids is 1. The first-order valence-electron chi connectivity index (χ1n) is 9.56. The molecule has 2 aromatic rings. The Morgan fingerprint density at radius 1 is 1.25 bits per heavy atom. The fourth-order valence-corrected chi connectivity index (χ4v) is 3.70. The molecule has 6 nitrogen and oxygen atoms in total. The number of rotatable bonds is 8. The molecule has 0 amide bonds. The van der Waals surface area contributed by atoms with Gasteiger partial charge in [0.25, 0.3) is 0 Å². The van der Waals surface area contributed by atoms with Crippen molar-refractivity contribution < 1.29 is 19.3 Å². The van der Waals surface area contributed by atoms with E-state index in [-0.39, 0.29) is 23.3 Å². The molecule has 1 aliphatic heterocycles. The molecule has 7 heteroatoms. The highest BCUT2D eigenvalue weighted by Gasteiger charge is 2.30. The van der Waals surface area contributed by atoms with E-state index >= 15 is 0 Å². The zero-order valence-corrected chi connectivity index (χ0v) is 16.4. The third-order valence-electron chi connectivity index (χ3n) is 5.13. The Bertz CT molecular complexity index is 762. The van der Waals surface area contributed by atoms with E-state index in [2.05, 4.69) is 4.98 Å². The number of aliphatic carboxylic acids is 1. The number of benzene rings is 1. The van der Waals surface area contributed by atoms with Crippen LogP contribution in [0.15, 0.2) is 48.7 Å². The quantitative estimate of drug-likeness (QED) is 0.527. The van der Waals surface area contributed by atoms with Gasteiger partial charge in [-0.3, -0.25) is 9.78 Å². The van der Waals surface area contributed by atoms with Crippen LogP contribution in [-0.4, -0.2) is 46.4 Å². The largest absolute Gasteiger partial charge is 0.633 e. The van der Waals surface area contributed by atoms with Crippen molar-refractivity contribution in [3.63, 3.8) is 0 Å². The SMILES string of the molecule is O=C(O)CCC[N+]1([O-])CCC(O[C@H](c2ccc(Cl)cc2)c2ccccn2)CC1. The van der Waals surface area contributed by atoms with E-state index in [4.69, 9.17) is 21.4 Å². The van der Waals surface area contributed by atoms with E-state index < -0.39 is 5.97 Å². The van der Waals surface area contributed by atoms with Gasteiger partial charge in [-0.1, -0.05) is 29.8 Å². The molecule has 1 aliphatic rings. The molecular formula is C21H25ClN2O4. The monoisotopic (exact) mass is 404 g/mol. The second kappa shape index (κ2) is 9.47. The highest BCUT2D eigenvalue weighted by Crippen LogP contribution is 2.31. The van der Waals surface area contributed by atoms with Crippen LogP contribution in [0, 0.1) is 5.21 Å². The van der Waals surface area contributed by atoms with E-state index in [9.17, 15) is 10.0 Å². The van der Waals surface area contributed by atoms with Crippen LogP contribution >= 0.6 is 11.6 Å². The van der Waals surface area contributed by atoms with Crippen LogP contribution in [0.3, 0.4) is 0 Å². The lowest BCUT2D eigenvalue weighted by atomic mass is 10.0. The van der Waals surface area contributed by atoms with Gasteiger partial charge in [0.1, 0.15) is 6.10 Å². The number of hydrogen-bond acceptors (Lipinski definition) is 4. The van der Waals surface area contributed by atoms with E-state index in [1.165, 1.54) is 0 Å². The molecule has 28 heavy (non-hydrogen) atoms. The lowest BCUT2D eigenvalue weighted by molar-refractivity contribution is -0.886. The number of ether oxygens (including phenoxy) is 1. The summed E-state index contributed by atoms with van der Waals surface area (Å²) in [6.07, 6.45) is 3.13. The number of pyridine rings is 1. The molecule has 1 aromatic heterocycles. The number of hydroxylamine groups is 3. The zero-order valence-electron chi connectivity index (χ0n) is 15.7. The fourth-order valence-electron chi connectivity index (χ4n) is 3.57. The Kier molecular flexibility index (Phi) is 7.02. The number of carboxylic acid groups (broad SMARTS) is 1. The number of quaternary nitrogens is 1. The molecule has 0 saturated carbocycles. The van der Waals surface area contributed by atoms with Gasteiger partial charge < -0.3 is 19.7 Å². The normalized spacial score (nSPS) is 23.3. The second-order valence-electron chi connectivity index (χ2n) is 7.25. The number of carbonyl (C=O) groups is 1. The minimum atomic E-state index is -0.856. The van der Waals surface area contributed by atoms with Gasteiger partial charge in [-0.15, -0.1) is 0 Å². The van der Waals surface area contributed by atoms with Crippen molar-refractivity contribution in [1.29, 1.82) is 0 Å². The average molecular weight is 405 g/mol. The number of likely N-dealkylation sites (tertiary alicyclic amines) is 1. The number of aromatic nitrogens is 1. The lowest BCUT2D eigenvalue weighted by Gasteiger charge is -2.47. The first-order valence-corrected chi connectivity index (χ1v) is 9.94. The van der Waals surface area contributed by atoms with Crippen molar-refractivity contribution in [1.82, 2.24) is 4.98 Å². The molecule has 1 N–H and O–H groups in total. The van der Waals surface area contributed by atoms with Crippen molar-refractivity contribution in [2.45, 2.75) is 37.9 Å². The Balaban J connectivity index is 1.64. The molecule has 0 bridgehead atoms. The number of halogens is 1. The Morgan fingerprint density at radius 2 is 1.96 bits per heavy atom. The topological polar surface area (TPSA) is 82.5 Å². The first-order chi connectivity index (χ1) is 13.5. The average Bonchev–Trinajstić information content (AvgIpc) is 2.69. The molecule has 150 valence electrons. The highest BCUT2D eigenvalue weighted by atomic mass is 35.5. The first kappa shape index (κ1) is 20.7. The van der Waals surface area contributed by atoms with Crippen LogP contribution < -0.4 is 0 Å². The van der Waals surface area contributed by atoms with E-state index in [0.717, 1.165) is 11.3 Å². The van der Waals surface area contributed by atoms with Gasteiger partial charge in [0.15, 0.2) is 0 Å². The molecule has 0 unspecified atom stereocenters. The maximum absolute atomic E-state index is 12.8. The summed E-state index contributed by atoms with van der Waals surface area (Å²) < 4.78 is 6.06. The predicted octanol–water partition coefficient (Wildman–Crippen LogP) is 4.18. The number of nitrogens with zero attached hydrogens (tertiary/aromatic N) is 2. The molecule has 3 rings (SSSR count). The van der Waals surface area contributed by atoms with Crippen molar-refractivity contribution in [3.8, 4) is 0 Å². The van der Waals surface area contributed by atoms with Gasteiger partial charge in [-0.05, 0) is 29.8 Å². The summed E-state index contributed by atoms with van der Waals surface area (Å²) in [5.41, 5.74) is 1.79. The smallest absolute Gasteiger partial charge is 0.303 e. The third kappa shape index (κ3) is 5.75. The summed E-state index contributed by atoms with van der Waals surface area (Å²) in [6.45, 7) is 1.24. The maximum Gasteiger partial charge on any atom is 0.303 e. The zero-order chi connectivity index (χ0) is 20.0. The molecular weight excluding hydrogens is 380 g/mol. The lowest BCUT2D eigenvalue weighted by Crippen LogP contribution is -2.50. The minimum absolute atomic E-state index is 0.0395. The summed E-state index contributed by atoms with van der Waals surface area (Å²) in [5.74, 6) is -0.856. The third-order valence-corrected chi connectivity index (χ3v) is 5.38. The predicted molar refractivity (Wildman–Crippen MR) is 107 cm³/mol. The molecule has 1 fully saturated rings. The molecule has 1 saturated heterocycles. The van der Waals surface area contributed by atoms with Crippen molar-refractivity contribution in [2.75, 3.05) is 19.6 Å². The van der Waals surface area contributed by atoms with Crippen LogP contribution in [-0.2, 0) is 9.53 Å². The second-order valence-corrected chi connectivity index (χ2v) is 7.68. The molecule has 1 aromatic carbocycles. The Labute approximate surface area is 169 Å². The molecule has 2 heterocycles. The summed E-state index contributed by atoms with van der Waals surface area (Å²) in [6, 6.07) is 13.3. The summed E-state index contributed by atoms with van der Waals surface area (Å²) in [5, 5.41) is 22.2.